The molecule has 6 nitrogen and oxygen atoms in total. The van der Waals surface area contributed by atoms with Crippen LogP contribution in [0.25, 0.3) is 10.4 Å². The topological polar surface area (TPSA) is 87.1 Å². The number of rotatable bonds is 4. The van der Waals surface area contributed by atoms with Crippen LogP contribution in [0.4, 0.5) is 11.4 Å². The molecule has 0 saturated heterocycles. The summed E-state index contributed by atoms with van der Waals surface area (Å²) in [6, 6.07) is 4.60. The van der Waals surface area contributed by atoms with E-state index in [2.05, 4.69) is 20.1 Å². The molecule has 0 radical (unpaired) electrons. The van der Waals surface area contributed by atoms with Gasteiger partial charge in [-0.25, -0.2) is 0 Å². The third-order valence-electron chi connectivity index (χ3n) is 1.66. The van der Waals surface area contributed by atoms with Crippen molar-refractivity contribution in [3.63, 3.8) is 0 Å². The summed E-state index contributed by atoms with van der Waals surface area (Å²) in [4.78, 5) is 13.9. The Morgan fingerprint density at radius 2 is 2.44 bits per heavy atom. The molecule has 0 heterocycles. The van der Waals surface area contributed by atoms with Crippen LogP contribution in [0.5, 0.6) is 0 Å². The number of carbonyl (C=O) groups excluding carboxylic acids is 1. The highest BCUT2D eigenvalue weighted by molar-refractivity contribution is 6.31. The number of nitrogens with zero attached hydrogens (tertiary/aromatic N) is 3. The highest BCUT2D eigenvalue weighted by atomic mass is 35.5. The molecule has 7 heteroatoms. The molecule has 84 valence electrons. The maximum atomic E-state index is 11.2. The van der Waals surface area contributed by atoms with Gasteiger partial charge in [0, 0.05) is 17.0 Å². The molecule has 0 aliphatic carbocycles. The van der Waals surface area contributed by atoms with E-state index in [1.807, 2.05) is 0 Å². The van der Waals surface area contributed by atoms with Gasteiger partial charge in [0.05, 0.1) is 11.4 Å². The van der Waals surface area contributed by atoms with Crippen molar-refractivity contribution in [2.45, 2.75) is 0 Å². The first kappa shape index (κ1) is 12.3. The highest BCUT2D eigenvalue weighted by Gasteiger charge is 2.06. The molecular weight excluding hydrogens is 232 g/mol. The second kappa shape index (κ2) is 5.97. The number of ether oxygens (including phenoxy) is 1. The van der Waals surface area contributed by atoms with Crippen LogP contribution in [0, 0.1) is 0 Å². The van der Waals surface area contributed by atoms with Gasteiger partial charge in [-0.1, -0.05) is 16.7 Å². The highest BCUT2D eigenvalue weighted by Crippen LogP contribution is 2.28. The van der Waals surface area contributed by atoms with Crippen LogP contribution >= 0.6 is 11.6 Å². The molecule has 1 N–H and O–H groups in total. The lowest BCUT2D eigenvalue weighted by Crippen LogP contribution is -2.17. The summed E-state index contributed by atoms with van der Waals surface area (Å²) in [6.45, 7) is -0.0711. The minimum Gasteiger partial charge on any atom is -0.375 e. The Labute approximate surface area is 96.8 Å². The zero-order valence-electron chi connectivity index (χ0n) is 8.48. The van der Waals surface area contributed by atoms with Crippen LogP contribution in [0.15, 0.2) is 23.3 Å². The van der Waals surface area contributed by atoms with Gasteiger partial charge < -0.3 is 10.1 Å². The number of azide groups is 1. The Morgan fingerprint density at radius 3 is 3.06 bits per heavy atom. The molecular formula is C9H9ClN4O2. The second-order valence-corrected chi connectivity index (χ2v) is 3.27. The summed E-state index contributed by atoms with van der Waals surface area (Å²) < 4.78 is 4.66. The number of hydrogen-bond acceptors (Lipinski definition) is 3. The normalized spacial score (nSPS) is 9.38. The number of hydrogen-bond donors (Lipinski definition) is 1. The second-order valence-electron chi connectivity index (χ2n) is 2.83. The molecule has 0 unspecified atom stereocenters. The van der Waals surface area contributed by atoms with Crippen molar-refractivity contribution in [1.82, 2.24) is 0 Å². The van der Waals surface area contributed by atoms with Crippen LogP contribution in [-0.2, 0) is 9.53 Å². The lowest BCUT2D eigenvalue weighted by molar-refractivity contribution is -0.119. The van der Waals surface area contributed by atoms with Crippen molar-refractivity contribution >= 4 is 28.9 Å². The number of carbonyl (C=O) groups is 1. The van der Waals surface area contributed by atoms with E-state index >= 15 is 0 Å². The fourth-order valence-corrected chi connectivity index (χ4v) is 1.23. The van der Waals surface area contributed by atoms with Gasteiger partial charge in [0.2, 0.25) is 5.91 Å². The number of methoxy groups -OCH3 is 1. The minimum atomic E-state index is -0.334. The molecule has 16 heavy (non-hydrogen) atoms. The fraction of sp³-hybridized carbons (Fsp3) is 0.222. The Kier molecular flexibility index (Phi) is 4.60. The van der Waals surface area contributed by atoms with Crippen molar-refractivity contribution in [1.29, 1.82) is 0 Å². The van der Waals surface area contributed by atoms with Gasteiger partial charge in [-0.2, -0.15) is 0 Å². The lowest BCUT2D eigenvalue weighted by Gasteiger charge is -2.07. The molecule has 0 aliphatic rings. The average molecular weight is 241 g/mol. The van der Waals surface area contributed by atoms with Crippen LogP contribution in [0.1, 0.15) is 0 Å². The Bertz CT molecular complexity index is 443. The van der Waals surface area contributed by atoms with Crippen LogP contribution in [-0.4, -0.2) is 19.6 Å². The molecule has 0 spiro atoms. The third kappa shape index (κ3) is 3.43. The Hall–Kier alpha value is -1.75. The summed E-state index contributed by atoms with van der Waals surface area (Å²) >= 11 is 5.73. The van der Waals surface area contributed by atoms with Crippen molar-refractivity contribution in [3.05, 3.63) is 33.7 Å². The van der Waals surface area contributed by atoms with Gasteiger partial charge >= 0.3 is 0 Å². The first-order chi connectivity index (χ1) is 7.67. The van der Waals surface area contributed by atoms with E-state index in [0.717, 1.165) is 0 Å². The van der Waals surface area contributed by atoms with Gasteiger partial charge in [-0.15, -0.1) is 0 Å². The molecule has 1 aromatic carbocycles. The number of amides is 1. The van der Waals surface area contributed by atoms with Crippen molar-refractivity contribution in [2.75, 3.05) is 19.0 Å². The maximum absolute atomic E-state index is 11.2. The van der Waals surface area contributed by atoms with E-state index in [-0.39, 0.29) is 18.2 Å². The quantitative estimate of drug-likeness (QED) is 0.498. The zero-order chi connectivity index (χ0) is 12.0. The monoisotopic (exact) mass is 240 g/mol. The van der Waals surface area contributed by atoms with E-state index in [9.17, 15) is 4.79 Å². The predicted octanol–water partition coefficient (Wildman–Crippen LogP) is 2.87. The first-order valence-corrected chi connectivity index (χ1v) is 4.68. The van der Waals surface area contributed by atoms with E-state index < -0.39 is 0 Å². The SMILES string of the molecule is COCC(=O)Nc1ccc(Cl)cc1N=[N+]=[N-]. The van der Waals surface area contributed by atoms with Crippen LogP contribution in [0.2, 0.25) is 5.02 Å². The van der Waals surface area contributed by atoms with E-state index in [0.29, 0.717) is 10.7 Å². The van der Waals surface area contributed by atoms with E-state index in [1.165, 1.54) is 13.2 Å². The smallest absolute Gasteiger partial charge is 0.250 e. The lowest BCUT2D eigenvalue weighted by atomic mass is 10.2. The summed E-state index contributed by atoms with van der Waals surface area (Å²) in [5.74, 6) is -0.334. The third-order valence-corrected chi connectivity index (χ3v) is 1.90. The standard InChI is InChI=1S/C9H9ClN4O2/c1-16-5-9(15)12-7-3-2-6(10)4-8(7)13-14-11/h2-4H,5H2,1H3,(H,12,15). The molecule has 1 rings (SSSR count). The molecule has 0 aromatic heterocycles. The summed E-state index contributed by atoms with van der Waals surface area (Å²) in [7, 11) is 1.41. The summed E-state index contributed by atoms with van der Waals surface area (Å²) in [5.41, 5.74) is 9.01. The zero-order valence-corrected chi connectivity index (χ0v) is 9.23. The van der Waals surface area contributed by atoms with Crippen LogP contribution in [0.3, 0.4) is 0 Å². The molecule has 0 aliphatic heterocycles. The number of halogens is 1. The van der Waals surface area contributed by atoms with Crippen molar-refractivity contribution in [2.24, 2.45) is 5.11 Å². The maximum Gasteiger partial charge on any atom is 0.250 e. The fourth-order valence-electron chi connectivity index (χ4n) is 1.06. The first-order valence-electron chi connectivity index (χ1n) is 4.31. The predicted molar refractivity (Wildman–Crippen MR) is 60.8 cm³/mol. The molecule has 0 saturated carbocycles. The molecule has 1 aromatic rings. The van der Waals surface area contributed by atoms with Crippen LogP contribution < -0.4 is 5.32 Å². The summed E-state index contributed by atoms with van der Waals surface area (Å²) in [5, 5.41) is 6.38. The molecule has 0 bridgehead atoms. The minimum absolute atomic E-state index is 0.0711. The van der Waals surface area contributed by atoms with Crippen molar-refractivity contribution < 1.29 is 9.53 Å². The number of nitrogens with one attached hydrogen (secondary N) is 1. The number of benzene rings is 1. The van der Waals surface area contributed by atoms with E-state index in [1.54, 1.807) is 12.1 Å². The van der Waals surface area contributed by atoms with Gasteiger partial charge in [-0.3, -0.25) is 4.79 Å². The molecule has 1 amide bonds. The van der Waals surface area contributed by atoms with Crippen molar-refractivity contribution in [3.8, 4) is 0 Å². The Balaban J connectivity index is 2.94. The largest absolute Gasteiger partial charge is 0.375 e. The Morgan fingerprint density at radius 1 is 1.69 bits per heavy atom. The van der Waals surface area contributed by atoms with Gasteiger partial charge in [0.25, 0.3) is 0 Å². The molecule has 0 atom stereocenters. The van der Waals surface area contributed by atoms with Gasteiger partial charge in [-0.05, 0) is 23.7 Å². The number of anilines is 1. The average Bonchev–Trinajstić information content (AvgIpc) is 2.23. The summed E-state index contributed by atoms with van der Waals surface area (Å²) in [6.07, 6.45) is 0. The molecule has 0 fully saturated rings. The van der Waals surface area contributed by atoms with Gasteiger partial charge in [0.15, 0.2) is 0 Å². The van der Waals surface area contributed by atoms with E-state index in [4.69, 9.17) is 17.1 Å². The van der Waals surface area contributed by atoms with Gasteiger partial charge in [0.1, 0.15) is 6.61 Å².